The summed E-state index contributed by atoms with van der Waals surface area (Å²) in [6.45, 7) is 10.1. The zero-order chi connectivity index (χ0) is 15.4. The molecule has 3 heteroatoms. The fourth-order valence-electron chi connectivity index (χ4n) is 2.26. The number of rotatable bonds is 6. The molecule has 0 aliphatic carbocycles. The molecule has 0 spiro atoms. The van der Waals surface area contributed by atoms with Gasteiger partial charge in [0.2, 0.25) is 0 Å². The van der Waals surface area contributed by atoms with E-state index in [0.717, 1.165) is 24.6 Å². The lowest BCUT2D eigenvalue weighted by molar-refractivity contribution is 0.432. The van der Waals surface area contributed by atoms with E-state index >= 15 is 0 Å². The molecule has 0 unspecified atom stereocenters. The van der Waals surface area contributed by atoms with E-state index in [1.807, 2.05) is 0 Å². The number of nitrogens with zero attached hydrogens (tertiary/aromatic N) is 1. The lowest BCUT2D eigenvalue weighted by Crippen LogP contribution is -2.21. The van der Waals surface area contributed by atoms with Crippen molar-refractivity contribution in [1.82, 2.24) is 5.32 Å². The summed E-state index contributed by atoms with van der Waals surface area (Å²) in [5, 5.41) is 3.40. The Morgan fingerprint density at radius 3 is 2.43 bits per heavy atom. The predicted molar refractivity (Wildman–Crippen MR) is 88.7 cm³/mol. The highest BCUT2D eigenvalue weighted by Crippen LogP contribution is 2.20. The second-order valence-electron chi connectivity index (χ2n) is 6.05. The van der Waals surface area contributed by atoms with Crippen molar-refractivity contribution in [2.24, 2.45) is 0 Å². The molecule has 2 rings (SSSR count). The maximum Gasteiger partial charge on any atom is 0.123 e. The monoisotopic (exact) mass is 286 g/mol. The van der Waals surface area contributed by atoms with E-state index in [9.17, 15) is 0 Å². The highest BCUT2D eigenvalue weighted by atomic mass is 16.3. The van der Waals surface area contributed by atoms with Crippen LogP contribution in [0.25, 0.3) is 0 Å². The highest BCUT2D eigenvalue weighted by molar-refractivity contribution is 5.47. The fraction of sp³-hybridized carbons (Fsp3) is 0.444. The van der Waals surface area contributed by atoms with Crippen LogP contribution in [-0.4, -0.2) is 13.1 Å². The molecule has 0 fully saturated rings. The van der Waals surface area contributed by atoms with E-state index in [0.29, 0.717) is 6.04 Å². The van der Waals surface area contributed by atoms with Gasteiger partial charge in [-0.25, -0.2) is 0 Å². The maximum atomic E-state index is 5.98. The molecule has 1 aromatic carbocycles. The van der Waals surface area contributed by atoms with Gasteiger partial charge >= 0.3 is 0 Å². The van der Waals surface area contributed by atoms with Gasteiger partial charge in [-0.1, -0.05) is 31.5 Å². The lowest BCUT2D eigenvalue weighted by Gasteiger charge is -2.18. The third kappa shape index (κ3) is 4.36. The van der Waals surface area contributed by atoms with Gasteiger partial charge in [-0.2, -0.15) is 0 Å². The lowest BCUT2D eigenvalue weighted by atomic mass is 10.2. The molecule has 0 radical (unpaired) electrons. The van der Waals surface area contributed by atoms with Crippen LogP contribution in [0.4, 0.5) is 5.69 Å². The summed E-state index contributed by atoms with van der Waals surface area (Å²) in [5.41, 5.74) is 3.70. The van der Waals surface area contributed by atoms with Crippen LogP contribution in [0, 0.1) is 13.8 Å². The first-order chi connectivity index (χ1) is 9.95. The van der Waals surface area contributed by atoms with Crippen LogP contribution in [0.2, 0.25) is 0 Å². The molecule has 0 saturated heterocycles. The van der Waals surface area contributed by atoms with Crippen molar-refractivity contribution in [3.05, 3.63) is 53.0 Å². The van der Waals surface area contributed by atoms with Gasteiger partial charge < -0.3 is 14.6 Å². The largest absolute Gasteiger partial charge is 0.463 e. The second kappa shape index (κ2) is 6.81. The first kappa shape index (κ1) is 15.6. The Kier molecular flexibility index (Phi) is 5.07. The molecule has 1 aromatic heterocycles. The molecule has 1 heterocycles. The topological polar surface area (TPSA) is 28.4 Å². The molecule has 0 amide bonds. The van der Waals surface area contributed by atoms with Gasteiger partial charge in [-0.3, -0.25) is 0 Å². The third-order valence-electron chi connectivity index (χ3n) is 3.61. The Bertz CT molecular complexity index is 569. The first-order valence-corrected chi connectivity index (χ1v) is 7.55. The summed E-state index contributed by atoms with van der Waals surface area (Å²) in [6, 6.07) is 11.2. The van der Waals surface area contributed by atoms with Crippen LogP contribution in [0.3, 0.4) is 0 Å². The van der Waals surface area contributed by atoms with Crippen molar-refractivity contribution in [2.45, 2.75) is 46.8 Å². The van der Waals surface area contributed by atoms with Crippen molar-refractivity contribution in [3.63, 3.8) is 0 Å². The fourth-order valence-corrected chi connectivity index (χ4v) is 2.26. The molecule has 0 aliphatic heterocycles. The van der Waals surface area contributed by atoms with Crippen LogP contribution >= 0.6 is 0 Å². The van der Waals surface area contributed by atoms with Gasteiger partial charge in [-0.15, -0.1) is 0 Å². The van der Waals surface area contributed by atoms with Crippen molar-refractivity contribution in [1.29, 1.82) is 0 Å². The molecule has 0 aliphatic rings. The summed E-state index contributed by atoms with van der Waals surface area (Å²) < 4.78 is 5.98. The third-order valence-corrected chi connectivity index (χ3v) is 3.61. The molecule has 0 saturated carbocycles. The average Bonchev–Trinajstić information content (AvgIpc) is 2.77. The van der Waals surface area contributed by atoms with Crippen LogP contribution in [0.15, 0.2) is 34.7 Å². The Hall–Kier alpha value is -1.74. The molecule has 3 nitrogen and oxygen atoms in total. The number of hydrogen-bond acceptors (Lipinski definition) is 3. The van der Waals surface area contributed by atoms with E-state index in [-0.39, 0.29) is 0 Å². The normalized spacial score (nSPS) is 11.1. The molecule has 21 heavy (non-hydrogen) atoms. The zero-order valence-electron chi connectivity index (χ0n) is 13.7. The Balaban J connectivity index is 2.02. The summed E-state index contributed by atoms with van der Waals surface area (Å²) in [7, 11) is 2.09. The number of nitrogens with one attached hydrogen (secondary N) is 1. The van der Waals surface area contributed by atoms with E-state index in [1.165, 1.54) is 16.8 Å². The van der Waals surface area contributed by atoms with Gasteiger partial charge in [0.15, 0.2) is 0 Å². The van der Waals surface area contributed by atoms with Gasteiger partial charge in [-0.05, 0) is 37.6 Å². The van der Waals surface area contributed by atoms with E-state index in [4.69, 9.17) is 4.42 Å². The van der Waals surface area contributed by atoms with E-state index < -0.39 is 0 Å². The van der Waals surface area contributed by atoms with Crippen molar-refractivity contribution in [3.8, 4) is 0 Å². The van der Waals surface area contributed by atoms with Gasteiger partial charge in [0.25, 0.3) is 0 Å². The van der Waals surface area contributed by atoms with Crippen molar-refractivity contribution in [2.75, 3.05) is 11.9 Å². The summed E-state index contributed by atoms with van der Waals surface area (Å²) in [4.78, 5) is 2.21. The van der Waals surface area contributed by atoms with Crippen LogP contribution in [0.5, 0.6) is 0 Å². The molecular formula is C18H26N2O. The predicted octanol–water partition coefficient (Wildman–Crippen LogP) is 4.03. The van der Waals surface area contributed by atoms with Crippen molar-refractivity contribution < 1.29 is 4.42 Å². The Morgan fingerprint density at radius 2 is 1.81 bits per heavy atom. The van der Waals surface area contributed by atoms with Crippen LogP contribution in [0.1, 0.15) is 36.5 Å². The molecule has 0 atom stereocenters. The summed E-state index contributed by atoms with van der Waals surface area (Å²) >= 11 is 0. The van der Waals surface area contributed by atoms with Crippen LogP contribution < -0.4 is 10.2 Å². The summed E-state index contributed by atoms with van der Waals surface area (Å²) in [6.07, 6.45) is 0. The van der Waals surface area contributed by atoms with Gasteiger partial charge in [0, 0.05) is 18.8 Å². The van der Waals surface area contributed by atoms with Gasteiger partial charge in [0.1, 0.15) is 11.5 Å². The molecule has 0 bridgehead atoms. The number of aryl methyl sites for hydroxylation is 2. The zero-order valence-corrected chi connectivity index (χ0v) is 13.7. The highest BCUT2D eigenvalue weighted by Gasteiger charge is 2.10. The van der Waals surface area contributed by atoms with Crippen molar-refractivity contribution >= 4 is 5.69 Å². The summed E-state index contributed by atoms with van der Waals surface area (Å²) in [5.74, 6) is 2.05. The number of furan rings is 1. The molecular weight excluding hydrogens is 260 g/mol. The Morgan fingerprint density at radius 1 is 1.14 bits per heavy atom. The van der Waals surface area contributed by atoms with E-state index in [1.54, 1.807) is 0 Å². The minimum Gasteiger partial charge on any atom is -0.463 e. The number of anilines is 1. The Labute approximate surface area is 128 Å². The minimum absolute atomic E-state index is 0.466. The SMILES string of the molecule is Cc1ccc(N(C)Cc2cc(C)c(CNC(C)C)o2)cc1. The number of benzene rings is 1. The first-order valence-electron chi connectivity index (χ1n) is 7.55. The quantitative estimate of drug-likeness (QED) is 0.869. The molecule has 114 valence electrons. The standard InChI is InChI=1S/C18H26N2O/c1-13(2)19-11-18-15(4)10-17(21-18)12-20(5)16-8-6-14(3)7-9-16/h6-10,13,19H,11-12H2,1-5H3. The number of hydrogen-bond donors (Lipinski definition) is 1. The smallest absolute Gasteiger partial charge is 0.123 e. The van der Waals surface area contributed by atoms with Crippen LogP contribution in [-0.2, 0) is 13.1 Å². The van der Waals surface area contributed by atoms with Gasteiger partial charge in [0.05, 0.1) is 13.1 Å². The second-order valence-corrected chi connectivity index (χ2v) is 6.05. The minimum atomic E-state index is 0.466. The molecule has 2 aromatic rings. The molecule has 1 N–H and O–H groups in total. The maximum absolute atomic E-state index is 5.98. The average molecular weight is 286 g/mol. The van der Waals surface area contributed by atoms with E-state index in [2.05, 4.69) is 75.3 Å².